The third kappa shape index (κ3) is 5.39. The van der Waals surface area contributed by atoms with E-state index < -0.39 is 10.0 Å². The Morgan fingerprint density at radius 3 is 1.85 bits per heavy atom. The Balaban J connectivity index is 0. The molecule has 1 rings (SSSR count). The maximum Gasteiger partial charge on any atom is 1.00 e. The van der Waals surface area contributed by atoms with Crippen molar-refractivity contribution in [2.45, 2.75) is 4.90 Å². The van der Waals surface area contributed by atoms with Gasteiger partial charge < -0.3 is 5.11 Å². The molecule has 0 amide bonds. The van der Waals surface area contributed by atoms with Gasteiger partial charge in [-0.2, -0.15) is 0 Å². The Bertz CT molecular complexity index is 349. The van der Waals surface area contributed by atoms with Crippen LogP contribution in [0.15, 0.2) is 29.2 Å². The van der Waals surface area contributed by atoms with Crippen molar-refractivity contribution in [2.75, 3.05) is 0 Å². The van der Waals surface area contributed by atoms with Gasteiger partial charge in [-0.05, 0) is 12.1 Å². The van der Waals surface area contributed by atoms with Crippen molar-refractivity contribution in [3.63, 3.8) is 0 Å². The molecule has 1 aromatic rings. The summed E-state index contributed by atoms with van der Waals surface area (Å²) >= 11 is 0. The molecular formula is C6H6NNa2O3S. The molecule has 1 radical (unpaired) electrons. The molecule has 0 aromatic heterocycles. The predicted molar refractivity (Wildman–Crippen MR) is 43.0 cm³/mol. The minimum atomic E-state index is -3.66. The first-order valence-corrected chi connectivity index (χ1v) is 4.34. The fourth-order valence-electron chi connectivity index (χ4n) is 0.629. The second-order valence-corrected chi connectivity index (χ2v) is 3.58. The van der Waals surface area contributed by atoms with Crippen LogP contribution in [0.2, 0.25) is 0 Å². The molecule has 0 aliphatic carbocycles. The normalized spacial score (nSPS) is 9.62. The summed E-state index contributed by atoms with van der Waals surface area (Å²) in [6.07, 6.45) is 0. The number of benzene rings is 1. The number of hydrogen-bond donors (Lipinski definition) is 1. The van der Waals surface area contributed by atoms with E-state index in [1.54, 1.807) is 0 Å². The molecule has 0 aliphatic heterocycles. The van der Waals surface area contributed by atoms with Crippen LogP contribution in [0, 0.1) is 0 Å². The van der Waals surface area contributed by atoms with E-state index in [1.807, 2.05) is 0 Å². The summed E-state index contributed by atoms with van der Waals surface area (Å²) in [5.41, 5.74) is 0. The van der Waals surface area contributed by atoms with Crippen molar-refractivity contribution in [2.24, 2.45) is 5.14 Å². The second kappa shape index (κ2) is 6.42. The van der Waals surface area contributed by atoms with E-state index in [1.165, 1.54) is 12.1 Å². The fourth-order valence-corrected chi connectivity index (χ4v) is 1.14. The van der Waals surface area contributed by atoms with Crippen LogP contribution in [0.5, 0.6) is 5.75 Å². The zero-order valence-electron chi connectivity index (χ0n) is 7.52. The van der Waals surface area contributed by atoms with Gasteiger partial charge in [-0.25, -0.2) is 13.6 Å². The van der Waals surface area contributed by atoms with Crippen molar-refractivity contribution < 1.29 is 43.1 Å². The molecule has 7 heteroatoms. The average Bonchev–Trinajstić information content (AvgIpc) is 1.86. The summed E-state index contributed by atoms with van der Waals surface area (Å²) in [6, 6.07) is 4.66. The zero-order valence-corrected chi connectivity index (χ0v) is 12.3. The molecule has 0 saturated carbocycles. The fraction of sp³-hybridized carbons (Fsp3) is 0. The predicted octanol–water partition coefficient (Wildman–Crippen LogP) is -3.97. The minimum absolute atomic E-state index is 0. The van der Waals surface area contributed by atoms with Crippen LogP contribution >= 0.6 is 0 Å². The summed E-state index contributed by atoms with van der Waals surface area (Å²) in [5, 5.41) is 15.3. The maximum absolute atomic E-state index is 10.6. The van der Waals surface area contributed by atoms with Crippen LogP contribution in [-0.2, 0) is 10.0 Å². The molecule has 0 aliphatic rings. The van der Waals surface area contributed by atoms with Gasteiger partial charge in [0.15, 0.2) is 0 Å². The topological polar surface area (TPSA) is 83.2 Å². The summed E-state index contributed by atoms with van der Waals surface area (Å²) < 4.78 is 21.2. The molecule has 0 heterocycles. The van der Waals surface area contributed by atoms with Gasteiger partial charge in [-0.1, -0.05) is 12.1 Å². The standard InChI is InChI=1S/C6H7NO3S.2Na/c7-11(9,10)6-3-1-5(8)2-4-6;;/h1-4,8H,(H2,7,9,10);;/q;;+1/p-1. The third-order valence-corrected chi connectivity index (χ3v) is 2.08. The van der Waals surface area contributed by atoms with E-state index >= 15 is 0 Å². The summed E-state index contributed by atoms with van der Waals surface area (Å²) in [6.45, 7) is 0. The zero-order chi connectivity index (χ0) is 8.48. The largest absolute Gasteiger partial charge is 1.00 e. The Hall–Kier alpha value is 0.930. The Morgan fingerprint density at radius 2 is 1.54 bits per heavy atom. The first kappa shape index (κ1) is 16.4. The summed E-state index contributed by atoms with van der Waals surface area (Å²) in [5.74, 6) is -0.239. The third-order valence-electron chi connectivity index (χ3n) is 1.15. The molecule has 0 saturated heterocycles. The van der Waals surface area contributed by atoms with E-state index in [2.05, 4.69) is 0 Å². The summed E-state index contributed by atoms with van der Waals surface area (Å²) in [7, 11) is -3.66. The van der Waals surface area contributed by atoms with Gasteiger partial charge in [0.05, 0.1) is 4.90 Å². The van der Waals surface area contributed by atoms with E-state index in [0.29, 0.717) is 0 Å². The van der Waals surface area contributed by atoms with E-state index in [4.69, 9.17) is 5.14 Å². The van der Waals surface area contributed by atoms with E-state index in [9.17, 15) is 13.5 Å². The van der Waals surface area contributed by atoms with Gasteiger partial charge in [-0.3, -0.25) is 0 Å². The molecule has 0 unspecified atom stereocenters. The van der Waals surface area contributed by atoms with Crippen molar-refractivity contribution in [3.05, 3.63) is 24.3 Å². The molecule has 0 fully saturated rings. The van der Waals surface area contributed by atoms with Crippen LogP contribution in [0.1, 0.15) is 0 Å². The average molecular weight is 218 g/mol. The van der Waals surface area contributed by atoms with Gasteiger partial charge in [0.1, 0.15) is 0 Å². The number of hydrogen-bond acceptors (Lipinski definition) is 3. The quantitative estimate of drug-likeness (QED) is 0.488. The Kier molecular flexibility index (Phi) is 8.08. The number of sulfonamides is 1. The van der Waals surface area contributed by atoms with E-state index in [-0.39, 0.29) is 69.8 Å². The second-order valence-electron chi connectivity index (χ2n) is 2.02. The minimum Gasteiger partial charge on any atom is -0.872 e. The van der Waals surface area contributed by atoms with Gasteiger partial charge in [0.2, 0.25) is 10.0 Å². The van der Waals surface area contributed by atoms with Gasteiger partial charge in [0, 0.05) is 29.6 Å². The molecule has 1 aromatic carbocycles. The number of nitrogens with two attached hydrogens (primary N) is 1. The molecular weight excluding hydrogens is 212 g/mol. The summed E-state index contributed by atoms with van der Waals surface area (Å²) in [4.78, 5) is -0.0444. The molecule has 4 nitrogen and oxygen atoms in total. The number of rotatable bonds is 1. The van der Waals surface area contributed by atoms with Crippen molar-refractivity contribution in [3.8, 4) is 5.75 Å². The van der Waals surface area contributed by atoms with Crippen LogP contribution in [0.4, 0.5) is 0 Å². The van der Waals surface area contributed by atoms with Crippen LogP contribution in [0.3, 0.4) is 0 Å². The van der Waals surface area contributed by atoms with Crippen LogP contribution in [-0.4, -0.2) is 38.0 Å². The molecule has 13 heavy (non-hydrogen) atoms. The van der Waals surface area contributed by atoms with Crippen LogP contribution < -0.4 is 39.8 Å². The van der Waals surface area contributed by atoms with Gasteiger partial charge in [0.25, 0.3) is 0 Å². The smallest absolute Gasteiger partial charge is 0.872 e. The van der Waals surface area contributed by atoms with Crippen molar-refractivity contribution >= 4 is 39.6 Å². The number of primary sulfonamides is 1. The SMILES string of the molecule is NS(=O)(=O)c1ccc([O-])cc1.[Na+].[Na]. The molecule has 0 spiro atoms. The molecule has 0 atom stereocenters. The molecule has 61 valence electrons. The molecule has 0 bridgehead atoms. The van der Waals surface area contributed by atoms with Gasteiger partial charge >= 0.3 is 29.6 Å². The van der Waals surface area contributed by atoms with Gasteiger partial charge in [-0.15, -0.1) is 5.75 Å². The first-order valence-electron chi connectivity index (χ1n) is 2.80. The Morgan fingerprint density at radius 1 is 1.15 bits per heavy atom. The van der Waals surface area contributed by atoms with Crippen molar-refractivity contribution in [1.82, 2.24) is 0 Å². The Labute approximate surface area is 121 Å². The van der Waals surface area contributed by atoms with Crippen molar-refractivity contribution in [1.29, 1.82) is 0 Å². The monoisotopic (exact) mass is 218 g/mol. The van der Waals surface area contributed by atoms with E-state index in [0.717, 1.165) is 12.1 Å². The first-order chi connectivity index (χ1) is 5.00. The molecule has 2 N–H and O–H groups in total. The maximum atomic E-state index is 10.6. The van der Waals surface area contributed by atoms with Crippen LogP contribution in [0.25, 0.3) is 0 Å².